The third kappa shape index (κ3) is 3.46. The van der Waals surface area contributed by atoms with Crippen LogP contribution in [-0.2, 0) is 9.53 Å². The number of hydrogen-bond donors (Lipinski definition) is 0. The van der Waals surface area contributed by atoms with E-state index in [-0.39, 0.29) is 22.2 Å². The molecule has 0 amide bonds. The summed E-state index contributed by atoms with van der Waals surface area (Å²) in [6.07, 6.45) is 0. The van der Waals surface area contributed by atoms with E-state index in [0.29, 0.717) is 0 Å². The summed E-state index contributed by atoms with van der Waals surface area (Å²) in [6, 6.07) is 5.76. The first-order chi connectivity index (χ1) is 8.49. The quantitative estimate of drug-likeness (QED) is 0.485. The maximum atomic E-state index is 12.0. The molecular formula is C12H9Cl2NO3. The summed E-state index contributed by atoms with van der Waals surface area (Å²) in [5.74, 6) is -3.05. The third-order valence-electron chi connectivity index (χ3n) is 2.06. The van der Waals surface area contributed by atoms with Gasteiger partial charge in [-0.1, -0.05) is 23.2 Å². The van der Waals surface area contributed by atoms with Crippen molar-refractivity contribution in [3.8, 4) is 6.07 Å². The number of nitrogens with zero attached hydrogens (tertiary/aromatic N) is 1. The van der Waals surface area contributed by atoms with Crippen LogP contribution >= 0.6 is 23.2 Å². The van der Waals surface area contributed by atoms with Crippen LogP contribution in [0.2, 0.25) is 10.0 Å². The van der Waals surface area contributed by atoms with Crippen molar-refractivity contribution < 1.29 is 14.3 Å². The van der Waals surface area contributed by atoms with E-state index in [1.165, 1.54) is 18.2 Å². The minimum Gasteiger partial charge on any atom is -0.465 e. The molecule has 1 aromatic rings. The minimum absolute atomic E-state index is 0.0978. The van der Waals surface area contributed by atoms with Gasteiger partial charge in [0, 0.05) is 15.6 Å². The average molecular weight is 286 g/mol. The predicted octanol–water partition coefficient (Wildman–Crippen LogP) is 2.88. The van der Waals surface area contributed by atoms with Crippen molar-refractivity contribution in [1.82, 2.24) is 0 Å². The van der Waals surface area contributed by atoms with Gasteiger partial charge in [-0.15, -0.1) is 0 Å². The largest absolute Gasteiger partial charge is 0.465 e. The predicted molar refractivity (Wildman–Crippen MR) is 66.5 cm³/mol. The Balaban J connectivity index is 3.04. The lowest BCUT2D eigenvalue weighted by atomic mass is 9.99. The molecule has 0 spiro atoms. The smallest absolute Gasteiger partial charge is 0.331 e. The molecule has 0 heterocycles. The SMILES string of the molecule is CCOC(=O)C(C#N)C(=O)c1cc(Cl)cc(Cl)c1. The van der Waals surface area contributed by atoms with E-state index in [0.717, 1.165) is 0 Å². The van der Waals surface area contributed by atoms with E-state index in [2.05, 4.69) is 4.74 Å². The van der Waals surface area contributed by atoms with Crippen LogP contribution in [0.3, 0.4) is 0 Å². The Hall–Kier alpha value is -1.57. The zero-order valence-electron chi connectivity index (χ0n) is 9.44. The molecule has 0 aliphatic rings. The van der Waals surface area contributed by atoms with Crippen LogP contribution in [0.4, 0.5) is 0 Å². The molecule has 0 N–H and O–H groups in total. The fraction of sp³-hybridized carbons (Fsp3) is 0.250. The Kier molecular flexibility index (Phi) is 5.14. The van der Waals surface area contributed by atoms with Gasteiger partial charge in [0.15, 0.2) is 5.78 Å². The van der Waals surface area contributed by atoms with Crippen LogP contribution in [0.15, 0.2) is 18.2 Å². The van der Waals surface area contributed by atoms with Crippen LogP contribution in [0.5, 0.6) is 0 Å². The Bertz CT molecular complexity index is 502. The highest BCUT2D eigenvalue weighted by atomic mass is 35.5. The molecule has 18 heavy (non-hydrogen) atoms. The zero-order chi connectivity index (χ0) is 13.7. The van der Waals surface area contributed by atoms with Gasteiger partial charge in [-0.3, -0.25) is 9.59 Å². The van der Waals surface area contributed by atoms with Crippen LogP contribution in [0.25, 0.3) is 0 Å². The molecule has 0 fully saturated rings. The first-order valence-corrected chi connectivity index (χ1v) is 5.81. The van der Waals surface area contributed by atoms with E-state index in [4.69, 9.17) is 28.5 Å². The lowest BCUT2D eigenvalue weighted by Crippen LogP contribution is -2.25. The third-order valence-corrected chi connectivity index (χ3v) is 2.50. The highest BCUT2D eigenvalue weighted by molar-refractivity contribution is 6.35. The van der Waals surface area contributed by atoms with E-state index in [1.807, 2.05) is 0 Å². The fourth-order valence-electron chi connectivity index (χ4n) is 1.31. The van der Waals surface area contributed by atoms with Gasteiger partial charge in [0.05, 0.1) is 12.7 Å². The second-order valence-corrected chi connectivity index (χ2v) is 4.21. The van der Waals surface area contributed by atoms with Crippen molar-refractivity contribution in [2.45, 2.75) is 6.92 Å². The van der Waals surface area contributed by atoms with Crippen LogP contribution in [0.1, 0.15) is 17.3 Å². The maximum absolute atomic E-state index is 12.0. The lowest BCUT2D eigenvalue weighted by molar-refractivity contribution is -0.144. The van der Waals surface area contributed by atoms with Crippen LogP contribution in [-0.4, -0.2) is 18.4 Å². The van der Waals surface area contributed by atoms with Crippen LogP contribution < -0.4 is 0 Å². The van der Waals surface area contributed by atoms with Crippen molar-refractivity contribution in [1.29, 1.82) is 5.26 Å². The Morgan fingerprint density at radius 2 is 1.89 bits per heavy atom. The summed E-state index contributed by atoms with van der Waals surface area (Å²) in [7, 11) is 0. The molecule has 4 nitrogen and oxygen atoms in total. The molecular weight excluding hydrogens is 277 g/mol. The number of rotatable bonds is 4. The fourth-order valence-corrected chi connectivity index (χ4v) is 1.83. The van der Waals surface area contributed by atoms with Crippen molar-refractivity contribution in [3.63, 3.8) is 0 Å². The molecule has 1 rings (SSSR count). The standard InChI is InChI=1S/C12H9Cl2NO3/c1-2-18-12(17)10(6-15)11(16)7-3-8(13)5-9(14)4-7/h3-5,10H,2H2,1H3. The molecule has 0 radical (unpaired) electrons. The number of hydrogen-bond acceptors (Lipinski definition) is 4. The molecule has 0 aliphatic heterocycles. The number of carbonyl (C=O) groups is 2. The van der Waals surface area contributed by atoms with E-state index < -0.39 is 17.7 Å². The average Bonchev–Trinajstić information content (AvgIpc) is 2.28. The topological polar surface area (TPSA) is 67.2 Å². The molecule has 0 saturated heterocycles. The number of carbonyl (C=O) groups excluding carboxylic acids is 2. The highest BCUT2D eigenvalue weighted by Gasteiger charge is 2.29. The maximum Gasteiger partial charge on any atom is 0.331 e. The summed E-state index contributed by atoms with van der Waals surface area (Å²) in [5.41, 5.74) is 0.104. The molecule has 0 bridgehead atoms. The van der Waals surface area contributed by atoms with Gasteiger partial charge in [0.25, 0.3) is 0 Å². The molecule has 0 aromatic heterocycles. The second-order valence-electron chi connectivity index (χ2n) is 3.34. The number of halogens is 2. The van der Waals surface area contributed by atoms with E-state index >= 15 is 0 Å². The number of nitriles is 1. The van der Waals surface area contributed by atoms with Crippen molar-refractivity contribution in [3.05, 3.63) is 33.8 Å². The van der Waals surface area contributed by atoms with E-state index in [9.17, 15) is 9.59 Å². The summed E-state index contributed by atoms with van der Waals surface area (Å²) in [4.78, 5) is 23.4. The number of esters is 1. The number of benzene rings is 1. The molecule has 0 aliphatic carbocycles. The van der Waals surface area contributed by atoms with Crippen molar-refractivity contribution in [2.24, 2.45) is 5.92 Å². The first kappa shape index (κ1) is 14.5. The minimum atomic E-state index is -1.50. The number of ketones is 1. The van der Waals surface area contributed by atoms with Gasteiger partial charge >= 0.3 is 5.97 Å². The Labute approximate surface area is 114 Å². The first-order valence-electron chi connectivity index (χ1n) is 5.06. The Morgan fingerprint density at radius 3 is 2.33 bits per heavy atom. The number of Topliss-reactive ketones (excluding diaryl/α,β-unsaturated/α-hetero) is 1. The molecule has 0 saturated carbocycles. The van der Waals surface area contributed by atoms with Gasteiger partial charge in [-0.05, 0) is 25.1 Å². The summed E-state index contributed by atoms with van der Waals surface area (Å²) in [5, 5.41) is 9.37. The summed E-state index contributed by atoms with van der Waals surface area (Å²) >= 11 is 11.5. The summed E-state index contributed by atoms with van der Waals surface area (Å²) < 4.78 is 4.65. The van der Waals surface area contributed by atoms with Gasteiger partial charge in [-0.2, -0.15) is 5.26 Å². The zero-order valence-corrected chi connectivity index (χ0v) is 11.0. The lowest BCUT2D eigenvalue weighted by Gasteiger charge is -2.08. The second kappa shape index (κ2) is 6.39. The monoisotopic (exact) mass is 285 g/mol. The van der Waals surface area contributed by atoms with Crippen molar-refractivity contribution >= 4 is 35.0 Å². The number of ether oxygens (including phenoxy) is 1. The summed E-state index contributed by atoms with van der Waals surface area (Å²) in [6.45, 7) is 1.69. The van der Waals surface area contributed by atoms with Gasteiger partial charge in [0.1, 0.15) is 0 Å². The van der Waals surface area contributed by atoms with Crippen molar-refractivity contribution in [2.75, 3.05) is 6.61 Å². The molecule has 94 valence electrons. The van der Waals surface area contributed by atoms with Gasteiger partial charge in [0.2, 0.25) is 5.92 Å². The molecule has 6 heteroatoms. The molecule has 1 aromatic carbocycles. The molecule has 1 atom stereocenters. The van der Waals surface area contributed by atoms with Gasteiger partial charge in [-0.25, -0.2) is 0 Å². The van der Waals surface area contributed by atoms with E-state index in [1.54, 1.807) is 13.0 Å². The molecule has 1 unspecified atom stereocenters. The normalized spacial score (nSPS) is 11.4. The Morgan fingerprint density at radius 1 is 1.33 bits per heavy atom. The van der Waals surface area contributed by atoms with Crippen LogP contribution in [0, 0.1) is 17.2 Å². The van der Waals surface area contributed by atoms with Gasteiger partial charge < -0.3 is 4.74 Å². The highest BCUT2D eigenvalue weighted by Crippen LogP contribution is 2.21.